The molecule has 0 amide bonds. The molecule has 32 heavy (non-hydrogen) atoms. The van der Waals surface area contributed by atoms with Gasteiger partial charge in [-0.1, -0.05) is 36.4 Å². The fourth-order valence-electron chi connectivity index (χ4n) is 3.20. The van der Waals surface area contributed by atoms with Crippen LogP contribution in [-0.2, 0) is 0 Å². The zero-order valence-corrected chi connectivity index (χ0v) is 20.3. The number of nitrogens with one attached hydrogen (secondary N) is 1. The summed E-state index contributed by atoms with van der Waals surface area (Å²) in [5.41, 5.74) is 4.46. The van der Waals surface area contributed by atoms with E-state index in [2.05, 4.69) is 11.9 Å². The van der Waals surface area contributed by atoms with Gasteiger partial charge >= 0.3 is 0 Å². The minimum Gasteiger partial charge on any atom is -0.456 e. The molecule has 0 aliphatic rings. The Hall–Kier alpha value is -3.25. The van der Waals surface area contributed by atoms with Crippen LogP contribution in [0.25, 0.3) is 11.1 Å². The van der Waals surface area contributed by atoms with E-state index in [0.29, 0.717) is 17.0 Å². The van der Waals surface area contributed by atoms with E-state index in [-0.39, 0.29) is 0 Å². The SMILES string of the molecule is C=CC(=O)n1cc(-c2cc(C)ccc2Oc2c(C)cccc2C)cc(NC)c1=O.CSC. The number of nitrogens with zero attached hydrogens (tertiary/aromatic N) is 1. The Bertz CT molecular complexity index is 1160. The second-order valence-electron chi connectivity index (χ2n) is 7.34. The number of rotatable bonds is 5. The number of benzene rings is 2. The predicted octanol–water partition coefficient (Wildman–Crippen LogP) is 6.08. The van der Waals surface area contributed by atoms with Crippen molar-refractivity contribution in [2.75, 3.05) is 24.9 Å². The highest BCUT2D eigenvalue weighted by molar-refractivity contribution is 7.97. The van der Waals surface area contributed by atoms with E-state index in [1.54, 1.807) is 24.9 Å². The van der Waals surface area contributed by atoms with Gasteiger partial charge < -0.3 is 10.1 Å². The van der Waals surface area contributed by atoms with Crippen LogP contribution >= 0.6 is 11.8 Å². The molecule has 5 nitrogen and oxygen atoms in total. The topological polar surface area (TPSA) is 60.3 Å². The van der Waals surface area contributed by atoms with Gasteiger partial charge in [0.25, 0.3) is 11.5 Å². The third-order valence-electron chi connectivity index (χ3n) is 4.77. The summed E-state index contributed by atoms with van der Waals surface area (Å²) >= 11 is 1.75. The van der Waals surface area contributed by atoms with E-state index in [9.17, 15) is 9.59 Å². The van der Waals surface area contributed by atoms with Crippen LogP contribution in [-0.4, -0.2) is 30.0 Å². The number of allylic oxidation sites excluding steroid dienone is 1. The molecule has 0 fully saturated rings. The van der Waals surface area contributed by atoms with Crippen molar-refractivity contribution in [2.45, 2.75) is 20.8 Å². The Morgan fingerprint density at radius 2 is 1.72 bits per heavy atom. The quantitative estimate of drug-likeness (QED) is 0.477. The van der Waals surface area contributed by atoms with Crippen molar-refractivity contribution in [1.29, 1.82) is 0 Å². The van der Waals surface area contributed by atoms with Gasteiger partial charge in [0.05, 0.1) is 0 Å². The molecule has 0 saturated carbocycles. The van der Waals surface area contributed by atoms with Crippen molar-refractivity contribution in [3.63, 3.8) is 0 Å². The summed E-state index contributed by atoms with van der Waals surface area (Å²) in [7, 11) is 1.65. The predicted molar refractivity (Wildman–Crippen MR) is 137 cm³/mol. The van der Waals surface area contributed by atoms with Crippen molar-refractivity contribution < 1.29 is 9.53 Å². The van der Waals surface area contributed by atoms with Gasteiger partial charge in [-0.25, -0.2) is 4.57 Å². The number of carbonyl (C=O) groups excluding carboxylic acids is 1. The first-order chi connectivity index (χ1) is 15.3. The number of ether oxygens (including phenoxy) is 1. The number of hydrogen-bond donors (Lipinski definition) is 1. The van der Waals surface area contributed by atoms with E-state index in [1.807, 2.05) is 69.7 Å². The summed E-state index contributed by atoms with van der Waals surface area (Å²) in [5, 5.41) is 2.87. The number of aromatic nitrogens is 1. The van der Waals surface area contributed by atoms with Crippen LogP contribution in [0.3, 0.4) is 0 Å². The highest BCUT2D eigenvalue weighted by Gasteiger charge is 2.16. The van der Waals surface area contributed by atoms with Crippen LogP contribution in [0.15, 0.2) is 66.1 Å². The molecule has 1 aromatic heterocycles. The highest BCUT2D eigenvalue weighted by Crippen LogP contribution is 2.37. The molecule has 0 spiro atoms. The van der Waals surface area contributed by atoms with Crippen LogP contribution in [0.2, 0.25) is 0 Å². The number of hydrogen-bond acceptors (Lipinski definition) is 5. The molecule has 0 saturated heterocycles. The van der Waals surface area contributed by atoms with Gasteiger partial charge in [0.1, 0.15) is 17.2 Å². The zero-order chi connectivity index (χ0) is 23.8. The molecule has 2 aromatic carbocycles. The van der Waals surface area contributed by atoms with Crippen molar-refractivity contribution in [1.82, 2.24) is 4.57 Å². The standard InChI is InChI=1S/C24H24N2O3.C2H6S/c1-6-22(27)26-14-18(13-20(25-5)24(26)28)19-12-15(2)10-11-21(19)29-23-16(3)8-7-9-17(23)4;1-3-2/h6-14,25H,1H2,2-5H3;1-2H3. The van der Waals surface area contributed by atoms with Crippen LogP contribution in [0.4, 0.5) is 5.69 Å². The van der Waals surface area contributed by atoms with Gasteiger partial charge in [0, 0.05) is 24.4 Å². The average Bonchev–Trinajstić information content (AvgIpc) is 2.77. The van der Waals surface area contributed by atoms with E-state index in [0.717, 1.165) is 38.6 Å². The molecule has 0 bridgehead atoms. The molecule has 0 atom stereocenters. The minimum absolute atomic E-state index is 0.317. The molecule has 1 N–H and O–H groups in total. The summed E-state index contributed by atoms with van der Waals surface area (Å²) in [6.45, 7) is 9.47. The van der Waals surface area contributed by atoms with Crippen LogP contribution in [0.5, 0.6) is 11.5 Å². The summed E-state index contributed by atoms with van der Waals surface area (Å²) in [6.07, 6.45) is 6.73. The molecule has 0 aliphatic carbocycles. The fraction of sp³-hybridized carbons (Fsp3) is 0.231. The van der Waals surface area contributed by atoms with Crippen molar-refractivity contribution in [2.24, 2.45) is 0 Å². The van der Waals surface area contributed by atoms with Gasteiger partial charge in [0.15, 0.2) is 0 Å². The minimum atomic E-state index is -0.488. The Kier molecular flexibility index (Phi) is 8.91. The number of anilines is 1. The molecule has 0 radical (unpaired) electrons. The summed E-state index contributed by atoms with van der Waals surface area (Å²) in [6, 6.07) is 13.6. The smallest absolute Gasteiger partial charge is 0.280 e. The molecule has 168 valence electrons. The van der Waals surface area contributed by atoms with Crippen molar-refractivity contribution in [3.05, 3.63) is 88.4 Å². The van der Waals surface area contributed by atoms with Crippen LogP contribution < -0.4 is 15.6 Å². The first kappa shape index (κ1) is 25.0. The van der Waals surface area contributed by atoms with Crippen molar-refractivity contribution in [3.8, 4) is 22.6 Å². The Morgan fingerprint density at radius 1 is 1.09 bits per heavy atom. The van der Waals surface area contributed by atoms with Crippen LogP contribution in [0.1, 0.15) is 21.5 Å². The summed E-state index contributed by atoms with van der Waals surface area (Å²) in [4.78, 5) is 24.7. The second-order valence-corrected chi connectivity index (χ2v) is 8.16. The normalized spacial score (nSPS) is 10.1. The average molecular weight is 451 g/mol. The maximum Gasteiger partial charge on any atom is 0.280 e. The van der Waals surface area contributed by atoms with Crippen molar-refractivity contribution >= 4 is 23.4 Å². The van der Waals surface area contributed by atoms with E-state index in [4.69, 9.17) is 4.74 Å². The molecular weight excluding hydrogens is 420 g/mol. The number of thioether (sulfide) groups is 1. The third-order valence-corrected chi connectivity index (χ3v) is 4.77. The Balaban J connectivity index is 0.00000114. The number of carbonyl (C=O) groups is 1. The summed E-state index contributed by atoms with van der Waals surface area (Å²) in [5.74, 6) is 0.950. The molecule has 3 aromatic rings. The van der Waals surface area contributed by atoms with Gasteiger partial charge in [0.2, 0.25) is 0 Å². The molecule has 3 rings (SSSR count). The monoisotopic (exact) mass is 450 g/mol. The molecular formula is C26H30N2O3S. The fourth-order valence-corrected chi connectivity index (χ4v) is 3.20. The van der Waals surface area contributed by atoms with Gasteiger partial charge in [-0.15, -0.1) is 0 Å². The molecule has 1 heterocycles. The maximum atomic E-state index is 12.5. The first-order valence-electron chi connectivity index (χ1n) is 10.1. The molecule has 6 heteroatoms. The van der Waals surface area contributed by atoms with E-state index < -0.39 is 11.5 Å². The lowest BCUT2D eigenvalue weighted by atomic mass is 10.0. The van der Waals surface area contributed by atoms with Gasteiger partial charge in [-0.2, -0.15) is 11.8 Å². The molecule has 0 aliphatic heterocycles. The Labute approximate surface area is 194 Å². The third kappa shape index (κ3) is 5.71. The molecule has 0 unspecified atom stereocenters. The highest BCUT2D eigenvalue weighted by atomic mass is 32.2. The van der Waals surface area contributed by atoms with Gasteiger partial charge in [-0.05, 0) is 68.7 Å². The van der Waals surface area contributed by atoms with E-state index in [1.165, 1.54) is 6.20 Å². The summed E-state index contributed by atoms with van der Waals surface area (Å²) < 4.78 is 7.35. The largest absolute Gasteiger partial charge is 0.456 e. The second kappa shape index (κ2) is 11.4. The lowest BCUT2D eigenvalue weighted by Crippen LogP contribution is -2.26. The number of aryl methyl sites for hydroxylation is 3. The maximum absolute atomic E-state index is 12.5. The zero-order valence-electron chi connectivity index (χ0n) is 19.5. The van der Waals surface area contributed by atoms with Gasteiger partial charge in [-0.3, -0.25) is 9.59 Å². The Morgan fingerprint density at radius 3 is 2.28 bits per heavy atom. The lowest BCUT2D eigenvalue weighted by molar-refractivity contribution is 0.0965. The lowest BCUT2D eigenvalue weighted by Gasteiger charge is -2.17. The number of para-hydroxylation sites is 1. The van der Waals surface area contributed by atoms with Crippen LogP contribution in [0, 0.1) is 20.8 Å². The number of pyridine rings is 1. The first-order valence-corrected chi connectivity index (χ1v) is 11.8. The van der Waals surface area contributed by atoms with E-state index >= 15 is 0 Å².